The Balaban J connectivity index is 2.00. The van der Waals surface area contributed by atoms with Crippen molar-refractivity contribution in [1.29, 1.82) is 0 Å². The van der Waals surface area contributed by atoms with Gasteiger partial charge in [-0.15, -0.1) is 0 Å². The number of benzene rings is 1. The van der Waals surface area contributed by atoms with Crippen molar-refractivity contribution in [2.45, 2.75) is 57.9 Å². The molecule has 2 rings (SSSR count). The molecule has 2 heteroatoms. The Hall–Kier alpha value is -1.15. The molecule has 1 aromatic rings. The average Bonchev–Trinajstić information content (AvgIpc) is 2.43. The molecular formula is C17H25NO. The summed E-state index contributed by atoms with van der Waals surface area (Å²) in [5, 5.41) is 0. The molecule has 0 bridgehead atoms. The van der Waals surface area contributed by atoms with Gasteiger partial charge in [0.15, 0.2) is 0 Å². The molecule has 0 amide bonds. The average molecular weight is 259 g/mol. The largest absolute Gasteiger partial charge is 0.327 e. The maximum absolute atomic E-state index is 11.0. The van der Waals surface area contributed by atoms with Crippen molar-refractivity contribution in [3.63, 3.8) is 0 Å². The summed E-state index contributed by atoms with van der Waals surface area (Å²) in [5.74, 6) is 0.00263. The van der Waals surface area contributed by atoms with Gasteiger partial charge in [-0.1, -0.05) is 44.4 Å². The SMILES string of the molecule is CCCCCCc1ccc2c(c1)CC(C=O)C(N)C2. The van der Waals surface area contributed by atoms with Crippen LogP contribution in [0.2, 0.25) is 0 Å². The first-order valence-corrected chi connectivity index (χ1v) is 7.56. The minimum absolute atomic E-state index is 0.000374. The second-order valence-electron chi connectivity index (χ2n) is 5.79. The van der Waals surface area contributed by atoms with Gasteiger partial charge in [-0.2, -0.15) is 0 Å². The molecule has 1 aliphatic carbocycles. The van der Waals surface area contributed by atoms with E-state index in [1.807, 2.05) is 0 Å². The Morgan fingerprint density at radius 2 is 2.05 bits per heavy atom. The normalized spacial score (nSPS) is 22.0. The van der Waals surface area contributed by atoms with Crippen molar-refractivity contribution in [2.24, 2.45) is 11.7 Å². The number of aldehydes is 1. The monoisotopic (exact) mass is 259 g/mol. The van der Waals surface area contributed by atoms with E-state index >= 15 is 0 Å². The van der Waals surface area contributed by atoms with Crippen LogP contribution in [0.3, 0.4) is 0 Å². The topological polar surface area (TPSA) is 43.1 Å². The zero-order valence-corrected chi connectivity index (χ0v) is 11.9. The number of nitrogens with two attached hydrogens (primary N) is 1. The highest BCUT2D eigenvalue weighted by molar-refractivity contribution is 5.57. The molecule has 0 saturated carbocycles. The number of aryl methyl sites for hydroxylation is 1. The molecule has 0 aliphatic heterocycles. The molecule has 1 aliphatic rings. The van der Waals surface area contributed by atoms with Crippen LogP contribution in [0.25, 0.3) is 0 Å². The summed E-state index contributed by atoms with van der Waals surface area (Å²) in [5.41, 5.74) is 10.1. The van der Waals surface area contributed by atoms with E-state index in [0.29, 0.717) is 0 Å². The third-order valence-corrected chi connectivity index (χ3v) is 4.23. The van der Waals surface area contributed by atoms with E-state index in [4.69, 9.17) is 5.73 Å². The summed E-state index contributed by atoms with van der Waals surface area (Å²) in [6.45, 7) is 2.24. The molecule has 0 radical (unpaired) electrons. The first kappa shape index (κ1) is 14.3. The molecule has 2 nitrogen and oxygen atoms in total. The summed E-state index contributed by atoms with van der Waals surface area (Å²) >= 11 is 0. The summed E-state index contributed by atoms with van der Waals surface area (Å²) in [7, 11) is 0. The maximum Gasteiger partial charge on any atom is 0.124 e. The lowest BCUT2D eigenvalue weighted by Gasteiger charge is -2.27. The molecule has 2 N–H and O–H groups in total. The van der Waals surface area contributed by atoms with Gasteiger partial charge in [0.1, 0.15) is 6.29 Å². The number of rotatable bonds is 6. The highest BCUT2D eigenvalue weighted by atomic mass is 16.1. The van der Waals surface area contributed by atoms with Crippen LogP contribution >= 0.6 is 0 Å². The van der Waals surface area contributed by atoms with E-state index < -0.39 is 0 Å². The predicted molar refractivity (Wildman–Crippen MR) is 79.2 cm³/mol. The molecule has 0 saturated heterocycles. The molecule has 0 fully saturated rings. The maximum atomic E-state index is 11.0. The highest BCUT2D eigenvalue weighted by Crippen LogP contribution is 2.25. The lowest BCUT2D eigenvalue weighted by molar-refractivity contribution is -0.111. The van der Waals surface area contributed by atoms with Crippen molar-refractivity contribution in [1.82, 2.24) is 0 Å². The van der Waals surface area contributed by atoms with E-state index in [0.717, 1.165) is 25.5 Å². The lowest BCUT2D eigenvalue weighted by Crippen LogP contribution is -2.38. The smallest absolute Gasteiger partial charge is 0.124 e. The van der Waals surface area contributed by atoms with E-state index in [1.54, 1.807) is 0 Å². The van der Waals surface area contributed by atoms with Gasteiger partial charge >= 0.3 is 0 Å². The second kappa shape index (κ2) is 6.85. The Bertz CT molecular complexity index is 427. The molecular weight excluding hydrogens is 234 g/mol. The highest BCUT2D eigenvalue weighted by Gasteiger charge is 2.25. The fourth-order valence-electron chi connectivity index (χ4n) is 2.94. The number of carbonyl (C=O) groups is 1. The quantitative estimate of drug-likeness (QED) is 0.630. The molecule has 1 aromatic carbocycles. The molecule has 2 atom stereocenters. The number of hydrogen-bond acceptors (Lipinski definition) is 2. The number of carbonyl (C=O) groups excluding carboxylic acids is 1. The Morgan fingerprint density at radius 3 is 2.79 bits per heavy atom. The van der Waals surface area contributed by atoms with Crippen molar-refractivity contribution in [3.8, 4) is 0 Å². The second-order valence-corrected chi connectivity index (χ2v) is 5.79. The third-order valence-electron chi connectivity index (χ3n) is 4.23. The van der Waals surface area contributed by atoms with Crippen LogP contribution in [0.5, 0.6) is 0 Å². The van der Waals surface area contributed by atoms with Crippen LogP contribution in [0.1, 0.15) is 49.3 Å². The minimum atomic E-state index is 0.000374. The van der Waals surface area contributed by atoms with Crippen LogP contribution in [-0.4, -0.2) is 12.3 Å². The molecule has 19 heavy (non-hydrogen) atoms. The van der Waals surface area contributed by atoms with Crippen LogP contribution in [0.4, 0.5) is 0 Å². The Morgan fingerprint density at radius 1 is 1.21 bits per heavy atom. The van der Waals surface area contributed by atoms with Gasteiger partial charge in [-0.25, -0.2) is 0 Å². The number of fused-ring (bicyclic) bond motifs is 1. The zero-order chi connectivity index (χ0) is 13.7. The van der Waals surface area contributed by atoms with E-state index in [9.17, 15) is 4.79 Å². The summed E-state index contributed by atoms with van der Waals surface area (Å²) < 4.78 is 0. The minimum Gasteiger partial charge on any atom is -0.327 e. The molecule has 0 aromatic heterocycles. The predicted octanol–water partition coefficient (Wildman–Crippen LogP) is 3.05. The number of hydrogen-bond donors (Lipinski definition) is 1. The third kappa shape index (κ3) is 3.66. The van der Waals surface area contributed by atoms with Crippen molar-refractivity contribution in [3.05, 3.63) is 34.9 Å². The van der Waals surface area contributed by atoms with Crippen LogP contribution in [-0.2, 0) is 24.1 Å². The van der Waals surface area contributed by atoms with Crippen LogP contribution in [0.15, 0.2) is 18.2 Å². The van der Waals surface area contributed by atoms with Gasteiger partial charge < -0.3 is 10.5 Å². The van der Waals surface area contributed by atoms with Gasteiger partial charge in [0.25, 0.3) is 0 Å². The van der Waals surface area contributed by atoms with Gasteiger partial charge in [-0.3, -0.25) is 0 Å². The Labute approximate surface area is 116 Å². The summed E-state index contributed by atoms with van der Waals surface area (Å²) in [6.07, 6.45) is 9.04. The Kier molecular flexibility index (Phi) is 5.15. The van der Waals surface area contributed by atoms with Crippen molar-refractivity contribution >= 4 is 6.29 Å². The van der Waals surface area contributed by atoms with Crippen molar-refractivity contribution in [2.75, 3.05) is 0 Å². The first-order chi connectivity index (χ1) is 9.24. The zero-order valence-electron chi connectivity index (χ0n) is 11.9. The van der Waals surface area contributed by atoms with Gasteiger partial charge in [0.2, 0.25) is 0 Å². The molecule has 0 spiro atoms. The molecule has 0 heterocycles. The van der Waals surface area contributed by atoms with E-state index in [2.05, 4.69) is 25.1 Å². The summed E-state index contributed by atoms with van der Waals surface area (Å²) in [4.78, 5) is 11.0. The molecule has 104 valence electrons. The first-order valence-electron chi connectivity index (χ1n) is 7.56. The molecule has 2 unspecified atom stereocenters. The lowest BCUT2D eigenvalue weighted by atomic mass is 9.80. The van der Waals surface area contributed by atoms with E-state index in [-0.39, 0.29) is 12.0 Å². The van der Waals surface area contributed by atoms with Crippen molar-refractivity contribution < 1.29 is 4.79 Å². The van der Waals surface area contributed by atoms with Crippen LogP contribution in [0, 0.1) is 5.92 Å². The fourth-order valence-corrected chi connectivity index (χ4v) is 2.94. The van der Waals surface area contributed by atoms with E-state index in [1.165, 1.54) is 42.4 Å². The standard InChI is InChI=1S/C17H25NO/c1-2-3-4-5-6-13-7-8-14-11-17(18)16(12-19)10-15(14)9-13/h7-9,12,16-17H,2-6,10-11,18H2,1H3. The van der Waals surface area contributed by atoms with Gasteiger partial charge in [0.05, 0.1) is 0 Å². The number of unbranched alkanes of at least 4 members (excludes halogenated alkanes) is 3. The van der Waals surface area contributed by atoms with Gasteiger partial charge in [-0.05, 0) is 42.4 Å². The fraction of sp³-hybridized carbons (Fsp3) is 0.588. The van der Waals surface area contributed by atoms with Gasteiger partial charge in [0, 0.05) is 12.0 Å². The van der Waals surface area contributed by atoms with Crippen LogP contribution < -0.4 is 5.73 Å². The summed E-state index contributed by atoms with van der Waals surface area (Å²) in [6, 6.07) is 6.74.